The molecule has 1 heterocycles. The van der Waals surface area contributed by atoms with Crippen molar-refractivity contribution in [1.29, 1.82) is 0 Å². The van der Waals surface area contributed by atoms with Crippen LogP contribution >= 0.6 is 0 Å². The number of carbonyl (C=O) groups excluding carboxylic acids is 2. The van der Waals surface area contributed by atoms with E-state index in [1.165, 1.54) is 0 Å². The van der Waals surface area contributed by atoms with E-state index in [0.29, 0.717) is 5.56 Å². The Balaban J connectivity index is 2.48. The number of carbonyl (C=O) groups is 2. The second-order valence-corrected chi connectivity index (χ2v) is 6.45. The molecule has 2 atom stereocenters. The van der Waals surface area contributed by atoms with E-state index in [1.54, 1.807) is 35.1 Å². The molecule has 0 unspecified atom stereocenters. The molecule has 112 valence electrons. The minimum Gasteiger partial charge on any atom is -0.323 e. The van der Waals surface area contributed by atoms with Gasteiger partial charge in [0.2, 0.25) is 0 Å². The van der Waals surface area contributed by atoms with Crippen LogP contribution in [0.25, 0.3) is 0 Å². The Kier molecular flexibility index (Phi) is 3.90. The summed E-state index contributed by atoms with van der Waals surface area (Å²) in [6, 6.07) is 8.44. The second-order valence-electron chi connectivity index (χ2n) is 6.45. The summed E-state index contributed by atoms with van der Waals surface area (Å²) in [4.78, 5) is 28.6. The van der Waals surface area contributed by atoms with Gasteiger partial charge in [0.1, 0.15) is 12.2 Å². The fourth-order valence-corrected chi connectivity index (χ4v) is 2.97. The number of likely N-dealkylation sites (N-methyl/N-ethyl adjacent to an activating group) is 1. The van der Waals surface area contributed by atoms with Crippen molar-refractivity contribution in [3.05, 3.63) is 48.6 Å². The first-order valence-corrected chi connectivity index (χ1v) is 7.06. The van der Waals surface area contributed by atoms with Crippen LogP contribution < -0.4 is 0 Å². The molecule has 1 fully saturated rings. The molecule has 0 spiro atoms. The highest BCUT2D eigenvalue weighted by Gasteiger charge is 2.50. The second kappa shape index (κ2) is 5.35. The molecule has 1 aliphatic rings. The lowest BCUT2D eigenvalue weighted by molar-refractivity contribution is -0.129. The van der Waals surface area contributed by atoms with Gasteiger partial charge >= 0.3 is 0 Å². The molecule has 0 bridgehead atoms. The molecular formula is C17H22N2O2. The van der Waals surface area contributed by atoms with Crippen molar-refractivity contribution < 1.29 is 9.59 Å². The summed E-state index contributed by atoms with van der Waals surface area (Å²) < 4.78 is 0. The van der Waals surface area contributed by atoms with Crippen LogP contribution in [0.3, 0.4) is 0 Å². The minimum atomic E-state index is -0.605. The Bertz CT molecular complexity index is 560. The molecule has 1 aliphatic heterocycles. The maximum atomic E-state index is 12.9. The maximum absolute atomic E-state index is 12.9. The van der Waals surface area contributed by atoms with Gasteiger partial charge < -0.3 is 9.80 Å². The zero-order valence-electron chi connectivity index (χ0n) is 13.0. The molecule has 1 aromatic carbocycles. The summed E-state index contributed by atoms with van der Waals surface area (Å²) in [5, 5.41) is 0. The van der Waals surface area contributed by atoms with Crippen LogP contribution in [-0.2, 0) is 4.79 Å². The zero-order chi connectivity index (χ0) is 15.8. The van der Waals surface area contributed by atoms with E-state index in [4.69, 9.17) is 0 Å². The first-order valence-electron chi connectivity index (χ1n) is 7.06. The minimum absolute atomic E-state index is 0.0887. The quantitative estimate of drug-likeness (QED) is 0.784. The lowest BCUT2D eigenvalue weighted by Crippen LogP contribution is -2.50. The summed E-state index contributed by atoms with van der Waals surface area (Å²) in [7, 11) is 1.74. The molecule has 21 heavy (non-hydrogen) atoms. The summed E-state index contributed by atoms with van der Waals surface area (Å²) >= 11 is 0. The van der Waals surface area contributed by atoms with Gasteiger partial charge in [-0.15, -0.1) is 6.58 Å². The van der Waals surface area contributed by atoms with Crippen molar-refractivity contribution >= 4 is 11.8 Å². The van der Waals surface area contributed by atoms with Gasteiger partial charge in [0.05, 0.1) is 0 Å². The lowest BCUT2D eigenvalue weighted by atomic mass is 9.90. The SMILES string of the molecule is C=C[C@@H]1C(=O)N(C)[C@@H](C(C)(C)C)N1C(=O)c1ccccc1. The monoisotopic (exact) mass is 286 g/mol. The van der Waals surface area contributed by atoms with Crippen molar-refractivity contribution in [2.24, 2.45) is 5.41 Å². The summed E-state index contributed by atoms with van der Waals surface area (Å²) in [6.45, 7) is 9.81. The van der Waals surface area contributed by atoms with E-state index in [2.05, 4.69) is 6.58 Å². The van der Waals surface area contributed by atoms with Crippen molar-refractivity contribution in [1.82, 2.24) is 9.80 Å². The topological polar surface area (TPSA) is 40.6 Å². The molecule has 0 saturated carbocycles. The van der Waals surface area contributed by atoms with Crippen LogP contribution in [0.5, 0.6) is 0 Å². The van der Waals surface area contributed by atoms with Gasteiger partial charge in [0, 0.05) is 18.0 Å². The number of rotatable bonds is 2. The normalized spacial score (nSPS) is 22.6. The number of hydrogen-bond donors (Lipinski definition) is 0. The number of nitrogens with zero attached hydrogens (tertiary/aromatic N) is 2. The van der Waals surface area contributed by atoms with Crippen LogP contribution in [0.4, 0.5) is 0 Å². The third-order valence-corrected chi connectivity index (χ3v) is 3.78. The van der Waals surface area contributed by atoms with Crippen molar-refractivity contribution in [2.75, 3.05) is 7.05 Å². The predicted octanol–water partition coefficient (Wildman–Crippen LogP) is 2.53. The fourth-order valence-electron chi connectivity index (χ4n) is 2.97. The van der Waals surface area contributed by atoms with Gasteiger partial charge in [-0.3, -0.25) is 9.59 Å². The van der Waals surface area contributed by atoms with Crippen LogP contribution in [0.1, 0.15) is 31.1 Å². The maximum Gasteiger partial charge on any atom is 0.256 e. The standard InChI is InChI=1S/C17H22N2O2/c1-6-13-15(21)18(5)16(17(2,3)4)19(13)14(20)12-10-8-7-9-11-12/h6-11,13,16H,1H2,2-5H3/t13-,16-/m1/s1. The smallest absolute Gasteiger partial charge is 0.256 e. The van der Waals surface area contributed by atoms with E-state index in [1.807, 2.05) is 39.0 Å². The van der Waals surface area contributed by atoms with Crippen molar-refractivity contribution in [3.8, 4) is 0 Å². The van der Waals surface area contributed by atoms with E-state index in [0.717, 1.165) is 0 Å². The molecule has 1 aromatic rings. The Labute approximate surface area is 126 Å². The molecule has 0 aliphatic carbocycles. The molecule has 0 aromatic heterocycles. The molecule has 4 heteroatoms. The van der Waals surface area contributed by atoms with Crippen LogP contribution in [0.2, 0.25) is 0 Å². The van der Waals surface area contributed by atoms with Crippen LogP contribution in [0, 0.1) is 5.41 Å². The lowest BCUT2D eigenvalue weighted by Gasteiger charge is -2.38. The van der Waals surface area contributed by atoms with E-state index in [9.17, 15) is 9.59 Å². The van der Waals surface area contributed by atoms with Gasteiger partial charge in [-0.1, -0.05) is 45.0 Å². The molecule has 2 amide bonds. The third kappa shape index (κ3) is 2.58. The third-order valence-electron chi connectivity index (χ3n) is 3.78. The van der Waals surface area contributed by atoms with Crippen molar-refractivity contribution in [3.63, 3.8) is 0 Å². The first-order chi connectivity index (χ1) is 9.79. The average Bonchev–Trinajstić information content (AvgIpc) is 2.70. The largest absolute Gasteiger partial charge is 0.323 e. The van der Waals surface area contributed by atoms with Crippen LogP contribution in [0.15, 0.2) is 43.0 Å². The summed E-state index contributed by atoms with van der Waals surface area (Å²) in [5.41, 5.74) is 0.341. The summed E-state index contributed by atoms with van der Waals surface area (Å²) in [5.74, 6) is -0.229. The van der Waals surface area contributed by atoms with E-state index in [-0.39, 0.29) is 23.4 Å². The van der Waals surface area contributed by atoms with Crippen molar-refractivity contribution in [2.45, 2.75) is 33.0 Å². The molecule has 0 radical (unpaired) electrons. The number of amides is 2. The Morgan fingerprint density at radius 1 is 1.24 bits per heavy atom. The van der Waals surface area contributed by atoms with Crippen LogP contribution in [-0.4, -0.2) is 40.9 Å². The Morgan fingerprint density at radius 3 is 2.29 bits per heavy atom. The number of benzene rings is 1. The molecule has 0 N–H and O–H groups in total. The summed E-state index contributed by atoms with van der Waals surface area (Å²) in [6.07, 6.45) is 1.26. The molecule has 1 saturated heterocycles. The number of hydrogen-bond acceptors (Lipinski definition) is 2. The highest BCUT2D eigenvalue weighted by atomic mass is 16.2. The predicted molar refractivity (Wildman–Crippen MR) is 82.6 cm³/mol. The van der Waals surface area contributed by atoms with E-state index >= 15 is 0 Å². The molecular weight excluding hydrogens is 264 g/mol. The fraction of sp³-hybridized carbons (Fsp3) is 0.412. The zero-order valence-corrected chi connectivity index (χ0v) is 13.0. The Morgan fingerprint density at radius 2 is 1.81 bits per heavy atom. The first kappa shape index (κ1) is 15.3. The molecule has 2 rings (SSSR count). The van der Waals surface area contributed by atoms with Gasteiger partial charge in [-0.05, 0) is 12.1 Å². The van der Waals surface area contributed by atoms with E-state index < -0.39 is 6.04 Å². The highest BCUT2D eigenvalue weighted by Crippen LogP contribution is 2.35. The van der Waals surface area contributed by atoms with Gasteiger partial charge in [0.25, 0.3) is 11.8 Å². The van der Waals surface area contributed by atoms with Gasteiger partial charge in [-0.2, -0.15) is 0 Å². The van der Waals surface area contributed by atoms with Gasteiger partial charge in [-0.25, -0.2) is 0 Å². The highest BCUT2D eigenvalue weighted by molar-refractivity contribution is 6.00. The average molecular weight is 286 g/mol. The Hall–Kier alpha value is -2.10. The molecule has 4 nitrogen and oxygen atoms in total. The van der Waals surface area contributed by atoms with Gasteiger partial charge in [0.15, 0.2) is 0 Å².